The van der Waals surface area contributed by atoms with Gasteiger partial charge >= 0.3 is 5.69 Å². The van der Waals surface area contributed by atoms with Crippen molar-refractivity contribution in [2.24, 2.45) is 7.05 Å². The fourth-order valence-corrected chi connectivity index (χ4v) is 2.09. The molecular weight excluding hydrogens is 256 g/mol. The molecule has 1 aromatic carbocycles. The number of hydrogen-bond acceptors (Lipinski definition) is 4. The number of ether oxygens (including phenoxy) is 1. The summed E-state index contributed by atoms with van der Waals surface area (Å²) in [6.45, 7) is 3.36. The molecule has 0 saturated heterocycles. The van der Waals surface area contributed by atoms with Crippen molar-refractivity contribution in [1.29, 1.82) is 0 Å². The van der Waals surface area contributed by atoms with Gasteiger partial charge in [-0.25, -0.2) is 9.48 Å². The standard InChI is InChI=1S/C14H20N4O2/c1-4-15-13(9-18-14(19)17(2)10-16-18)11-5-7-12(20-3)8-6-11/h5-8,10,13,15H,4,9H2,1-3H3. The van der Waals surface area contributed by atoms with Gasteiger partial charge in [0.05, 0.1) is 19.7 Å². The van der Waals surface area contributed by atoms with Crippen LogP contribution in [0.3, 0.4) is 0 Å². The summed E-state index contributed by atoms with van der Waals surface area (Å²) in [6, 6.07) is 7.88. The summed E-state index contributed by atoms with van der Waals surface area (Å²) in [4.78, 5) is 11.9. The van der Waals surface area contributed by atoms with E-state index >= 15 is 0 Å². The third kappa shape index (κ3) is 3.08. The lowest BCUT2D eigenvalue weighted by atomic mass is 10.1. The largest absolute Gasteiger partial charge is 0.497 e. The molecule has 6 heteroatoms. The third-order valence-electron chi connectivity index (χ3n) is 3.21. The van der Waals surface area contributed by atoms with Crippen molar-refractivity contribution in [3.05, 3.63) is 46.6 Å². The molecule has 0 aliphatic carbocycles. The van der Waals surface area contributed by atoms with Gasteiger partial charge in [-0.15, -0.1) is 0 Å². The monoisotopic (exact) mass is 276 g/mol. The van der Waals surface area contributed by atoms with Gasteiger partial charge in [0.1, 0.15) is 12.1 Å². The van der Waals surface area contributed by atoms with Crippen molar-refractivity contribution in [2.45, 2.75) is 19.5 Å². The lowest BCUT2D eigenvalue weighted by Gasteiger charge is -2.18. The van der Waals surface area contributed by atoms with E-state index in [1.165, 1.54) is 15.6 Å². The van der Waals surface area contributed by atoms with E-state index in [1.54, 1.807) is 14.2 Å². The Bertz CT molecular complexity index is 600. The van der Waals surface area contributed by atoms with Crippen LogP contribution >= 0.6 is 0 Å². The van der Waals surface area contributed by atoms with Crippen molar-refractivity contribution in [2.75, 3.05) is 13.7 Å². The van der Waals surface area contributed by atoms with E-state index in [1.807, 2.05) is 31.2 Å². The lowest BCUT2D eigenvalue weighted by molar-refractivity contribution is 0.412. The highest BCUT2D eigenvalue weighted by atomic mass is 16.5. The van der Waals surface area contributed by atoms with Crippen LogP contribution in [-0.2, 0) is 13.6 Å². The summed E-state index contributed by atoms with van der Waals surface area (Å²) in [5, 5.41) is 7.47. The molecule has 1 atom stereocenters. The molecule has 20 heavy (non-hydrogen) atoms. The zero-order valence-corrected chi connectivity index (χ0v) is 12.0. The van der Waals surface area contributed by atoms with E-state index in [-0.39, 0.29) is 11.7 Å². The highest BCUT2D eigenvalue weighted by molar-refractivity contribution is 5.29. The molecule has 6 nitrogen and oxygen atoms in total. The van der Waals surface area contributed by atoms with Crippen LogP contribution < -0.4 is 15.7 Å². The van der Waals surface area contributed by atoms with E-state index < -0.39 is 0 Å². The van der Waals surface area contributed by atoms with E-state index in [2.05, 4.69) is 10.4 Å². The molecule has 0 aliphatic rings. The van der Waals surface area contributed by atoms with Gasteiger partial charge in [0, 0.05) is 7.05 Å². The second-order valence-electron chi connectivity index (χ2n) is 4.59. The molecule has 0 bridgehead atoms. The van der Waals surface area contributed by atoms with Gasteiger partial charge in [0.15, 0.2) is 0 Å². The molecule has 1 aromatic heterocycles. The van der Waals surface area contributed by atoms with Crippen molar-refractivity contribution < 1.29 is 4.74 Å². The summed E-state index contributed by atoms with van der Waals surface area (Å²) in [5.74, 6) is 0.819. The predicted molar refractivity (Wildman–Crippen MR) is 76.9 cm³/mol. The van der Waals surface area contributed by atoms with Crippen molar-refractivity contribution in [3.8, 4) is 5.75 Å². The average Bonchev–Trinajstić information content (AvgIpc) is 2.79. The second kappa shape index (κ2) is 6.38. The number of rotatable bonds is 6. The van der Waals surface area contributed by atoms with Crippen LogP contribution in [0.15, 0.2) is 35.4 Å². The van der Waals surface area contributed by atoms with Crippen LogP contribution in [-0.4, -0.2) is 28.0 Å². The fourth-order valence-electron chi connectivity index (χ4n) is 2.09. The van der Waals surface area contributed by atoms with Crippen LogP contribution in [0.25, 0.3) is 0 Å². The molecule has 0 spiro atoms. The Morgan fingerprint density at radius 1 is 1.35 bits per heavy atom. The Balaban J connectivity index is 2.21. The third-order valence-corrected chi connectivity index (χ3v) is 3.21. The molecule has 1 unspecified atom stereocenters. The maximum absolute atomic E-state index is 11.9. The Morgan fingerprint density at radius 3 is 2.55 bits per heavy atom. The van der Waals surface area contributed by atoms with Gasteiger partial charge in [-0.1, -0.05) is 19.1 Å². The van der Waals surface area contributed by atoms with E-state index in [0.717, 1.165) is 17.9 Å². The van der Waals surface area contributed by atoms with E-state index in [0.29, 0.717) is 6.54 Å². The first-order valence-corrected chi connectivity index (χ1v) is 6.61. The summed E-state index contributed by atoms with van der Waals surface area (Å²) in [7, 11) is 3.34. The molecule has 0 fully saturated rings. The minimum atomic E-state index is -0.110. The number of benzene rings is 1. The molecule has 108 valence electrons. The fraction of sp³-hybridized carbons (Fsp3) is 0.429. The van der Waals surface area contributed by atoms with Gasteiger partial charge in [0.25, 0.3) is 0 Å². The van der Waals surface area contributed by atoms with Crippen molar-refractivity contribution >= 4 is 0 Å². The van der Waals surface area contributed by atoms with Crippen LogP contribution in [0, 0.1) is 0 Å². The van der Waals surface area contributed by atoms with Gasteiger partial charge in [0.2, 0.25) is 0 Å². The molecular formula is C14H20N4O2. The van der Waals surface area contributed by atoms with Crippen LogP contribution in [0.5, 0.6) is 5.75 Å². The van der Waals surface area contributed by atoms with E-state index in [9.17, 15) is 4.79 Å². The first kappa shape index (κ1) is 14.3. The zero-order valence-electron chi connectivity index (χ0n) is 12.0. The second-order valence-corrected chi connectivity index (χ2v) is 4.59. The van der Waals surface area contributed by atoms with E-state index in [4.69, 9.17) is 4.74 Å². The molecule has 1 heterocycles. The zero-order chi connectivity index (χ0) is 14.5. The first-order chi connectivity index (χ1) is 9.65. The molecule has 1 N–H and O–H groups in total. The Labute approximate surface area is 118 Å². The highest BCUT2D eigenvalue weighted by Crippen LogP contribution is 2.18. The smallest absolute Gasteiger partial charge is 0.345 e. The average molecular weight is 276 g/mol. The molecule has 2 rings (SSSR count). The molecule has 0 saturated carbocycles. The van der Waals surface area contributed by atoms with Crippen LogP contribution in [0.4, 0.5) is 0 Å². The molecule has 0 radical (unpaired) electrons. The maximum atomic E-state index is 11.9. The van der Waals surface area contributed by atoms with Gasteiger partial charge < -0.3 is 10.1 Å². The normalized spacial score (nSPS) is 12.3. The Kier molecular flexibility index (Phi) is 4.57. The summed E-state index contributed by atoms with van der Waals surface area (Å²) >= 11 is 0. The molecule has 0 amide bonds. The highest BCUT2D eigenvalue weighted by Gasteiger charge is 2.13. The Morgan fingerprint density at radius 2 is 2.05 bits per heavy atom. The molecule has 0 aliphatic heterocycles. The predicted octanol–water partition coefficient (Wildman–Crippen LogP) is 0.941. The number of aryl methyl sites for hydroxylation is 1. The minimum Gasteiger partial charge on any atom is -0.497 e. The quantitative estimate of drug-likeness (QED) is 0.853. The topological polar surface area (TPSA) is 61.1 Å². The van der Waals surface area contributed by atoms with Gasteiger partial charge in [-0.05, 0) is 24.2 Å². The number of methoxy groups -OCH3 is 1. The minimum absolute atomic E-state index is 0.0403. The summed E-state index contributed by atoms with van der Waals surface area (Å²) in [5.41, 5.74) is 0.992. The number of likely N-dealkylation sites (N-methyl/N-ethyl adjacent to an activating group) is 1. The van der Waals surface area contributed by atoms with Crippen LogP contribution in [0.2, 0.25) is 0 Å². The SMILES string of the molecule is CCNC(Cn1ncn(C)c1=O)c1ccc(OC)cc1. The number of nitrogens with zero attached hydrogens (tertiary/aromatic N) is 3. The summed E-state index contributed by atoms with van der Waals surface area (Å²) < 4.78 is 8.10. The summed E-state index contributed by atoms with van der Waals surface area (Å²) in [6.07, 6.45) is 1.53. The number of aromatic nitrogens is 3. The lowest BCUT2D eigenvalue weighted by Crippen LogP contribution is -2.31. The number of nitrogens with one attached hydrogen (secondary N) is 1. The first-order valence-electron chi connectivity index (χ1n) is 6.61. The molecule has 2 aromatic rings. The van der Waals surface area contributed by atoms with Crippen LogP contribution in [0.1, 0.15) is 18.5 Å². The van der Waals surface area contributed by atoms with Gasteiger partial charge in [-0.3, -0.25) is 4.57 Å². The van der Waals surface area contributed by atoms with Crippen molar-refractivity contribution in [3.63, 3.8) is 0 Å². The van der Waals surface area contributed by atoms with Gasteiger partial charge in [-0.2, -0.15) is 5.10 Å². The maximum Gasteiger partial charge on any atom is 0.345 e. The number of hydrogen-bond donors (Lipinski definition) is 1. The van der Waals surface area contributed by atoms with Crippen molar-refractivity contribution in [1.82, 2.24) is 19.7 Å². The Hall–Kier alpha value is -2.08.